The van der Waals surface area contributed by atoms with Gasteiger partial charge in [-0.15, -0.1) is 11.3 Å². The molecule has 1 aromatic heterocycles. The summed E-state index contributed by atoms with van der Waals surface area (Å²) >= 11 is 4.83. The van der Waals surface area contributed by atoms with Crippen molar-refractivity contribution < 1.29 is 9.90 Å². The summed E-state index contributed by atoms with van der Waals surface area (Å²) in [5.41, 5.74) is 1.58. The molecule has 1 aromatic carbocycles. The Morgan fingerprint density at radius 2 is 2.22 bits per heavy atom. The van der Waals surface area contributed by atoms with Gasteiger partial charge in [0.15, 0.2) is 0 Å². The van der Waals surface area contributed by atoms with Crippen molar-refractivity contribution in [2.24, 2.45) is 0 Å². The molecule has 0 atom stereocenters. The molecule has 2 rings (SSSR count). The smallest absolute Gasteiger partial charge is 0.254 e. The Hall–Kier alpha value is -1.33. The Balaban J connectivity index is 2.08. The number of nitrogens with zero attached hydrogens (tertiary/aromatic N) is 1. The van der Waals surface area contributed by atoms with Crippen molar-refractivity contribution >= 4 is 33.2 Å². The molecule has 0 unspecified atom stereocenters. The molecule has 0 spiro atoms. The molecule has 0 saturated carbocycles. The number of hydrogen-bond donors (Lipinski definition) is 1. The average Bonchev–Trinajstić information content (AvgIpc) is 2.75. The third-order valence-corrected chi connectivity index (χ3v) is 4.00. The molecule has 0 aliphatic rings. The van der Waals surface area contributed by atoms with Gasteiger partial charge in [-0.1, -0.05) is 12.1 Å². The summed E-state index contributed by atoms with van der Waals surface area (Å²) < 4.78 is 0.941. The zero-order valence-corrected chi connectivity index (χ0v) is 12.2. The van der Waals surface area contributed by atoms with E-state index in [1.807, 2.05) is 17.5 Å². The van der Waals surface area contributed by atoms with E-state index in [4.69, 9.17) is 0 Å². The lowest BCUT2D eigenvalue weighted by Gasteiger charge is -2.16. The largest absolute Gasteiger partial charge is 0.508 e. The van der Waals surface area contributed by atoms with E-state index in [2.05, 4.69) is 15.9 Å². The fourth-order valence-corrected chi connectivity index (χ4v) is 2.77. The molecule has 5 heteroatoms. The SMILES string of the molecule is CN(Cc1cccc(O)c1)C(=O)c1csc(Br)c1. The van der Waals surface area contributed by atoms with Crippen LogP contribution in [0.5, 0.6) is 5.75 Å². The van der Waals surface area contributed by atoms with Crippen molar-refractivity contribution in [3.05, 3.63) is 50.6 Å². The molecule has 0 radical (unpaired) electrons. The summed E-state index contributed by atoms with van der Waals surface area (Å²) in [6.07, 6.45) is 0. The lowest BCUT2D eigenvalue weighted by atomic mass is 10.2. The van der Waals surface area contributed by atoms with E-state index in [9.17, 15) is 9.90 Å². The van der Waals surface area contributed by atoms with Crippen LogP contribution in [-0.4, -0.2) is 23.0 Å². The molecular weight excluding hydrogens is 314 g/mol. The molecule has 94 valence electrons. The van der Waals surface area contributed by atoms with Crippen LogP contribution in [0.25, 0.3) is 0 Å². The highest BCUT2D eigenvalue weighted by Gasteiger charge is 2.13. The van der Waals surface area contributed by atoms with Gasteiger partial charge in [0.05, 0.1) is 9.35 Å². The monoisotopic (exact) mass is 325 g/mol. The lowest BCUT2D eigenvalue weighted by molar-refractivity contribution is 0.0785. The summed E-state index contributed by atoms with van der Waals surface area (Å²) in [7, 11) is 1.75. The Morgan fingerprint density at radius 3 is 2.83 bits per heavy atom. The van der Waals surface area contributed by atoms with Crippen molar-refractivity contribution in [1.82, 2.24) is 4.90 Å². The zero-order chi connectivity index (χ0) is 13.1. The number of rotatable bonds is 3. The van der Waals surface area contributed by atoms with Gasteiger partial charge >= 0.3 is 0 Å². The van der Waals surface area contributed by atoms with E-state index < -0.39 is 0 Å². The lowest BCUT2D eigenvalue weighted by Crippen LogP contribution is -2.25. The summed E-state index contributed by atoms with van der Waals surface area (Å²) in [6, 6.07) is 8.73. The molecule has 0 saturated heterocycles. The number of phenolic OH excluding ortho intramolecular Hbond substituents is 1. The highest BCUT2D eigenvalue weighted by Crippen LogP contribution is 2.22. The predicted molar refractivity (Wildman–Crippen MR) is 75.9 cm³/mol. The Kier molecular flexibility index (Phi) is 4.04. The van der Waals surface area contributed by atoms with Crippen LogP contribution in [0.3, 0.4) is 0 Å². The topological polar surface area (TPSA) is 40.5 Å². The summed E-state index contributed by atoms with van der Waals surface area (Å²) in [4.78, 5) is 13.7. The first kappa shape index (κ1) is 13.1. The van der Waals surface area contributed by atoms with Crippen LogP contribution in [0, 0.1) is 0 Å². The van der Waals surface area contributed by atoms with Gasteiger partial charge < -0.3 is 10.0 Å². The maximum Gasteiger partial charge on any atom is 0.254 e. The zero-order valence-electron chi connectivity index (χ0n) is 9.76. The van der Waals surface area contributed by atoms with Crippen molar-refractivity contribution in [2.45, 2.75) is 6.54 Å². The van der Waals surface area contributed by atoms with E-state index >= 15 is 0 Å². The third-order valence-electron chi connectivity index (χ3n) is 2.49. The van der Waals surface area contributed by atoms with E-state index in [1.165, 1.54) is 11.3 Å². The predicted octanol–water partition coefficient (Wildman–Crippen LogP) is 3.49. The van der Waals surface area contributed by atoms with Gasteiger partial charge in [-0.05, 0) is 39.7 Å². The first-order chi connectivity index (χ1) is 8.56. The van der Waals surface area contributed by atoms with Crippen molar-refractivity contribution in [2.75, 3.05) is 7.05 Å². The van der Waals surface area contributed by atoms with Crippen molar-refractivity contribution in [1.29, 1.82) is 0 Å². The van der Waals surface area contributed by atoms with Gasteiger partial charge in [-0.3, -0.25) is 4.79 Å². The highest BCUT2D eigenvalue weighted by molar-refractivity contribution is 9.11. The fourth-order valence-electron chi connectivity index (χ4n) is 1.64. The maximum absolute atomic E-state index is 12.1. The van der Waals surface area contributed by atoms with Gasteiger partial charge in [-0.25, -0.2) is 0 Å². The van der Waals surface area contributed by atoms with Crippen LogP contribution in [0.4, 0.5) is 0 Å². The molecule has 0 aliphatic carbocycles. The van der Waals surface area contributed by atoms with Crippen LogP contribution in [0.15, 0.2) is 39.5 Å². The molecule has 18 heavy (non-hydrogen) atoms. The van der Waals surface area contributed by atoms with Gasteiger partial charge in [0.1, 0.15) is 5.75 Å². The second-order valence-electron chi connectivity index (χ2n) is 3.97. The molecular formula is C13H12BrNO2S. The number of phenols is 1. The van der Waals surface area contributed by atoms with Crippen LogP contribution in [0.1, 0.15) is 15.9 Å². The van der Waals surface area contributed by atoms with Crippen molar-refractivity contribution in [3.63, 3.8) is 0 Å². The molecule has 3 nitrogen and oxygen atoms in total. The van der Waals surface area contributed by atoms with E-state index in [1.54, 1.807) is 30.1 Å². The fraction of sp³-hybridized carbons (Fsp3) is 0.154. The van der Waals surface area contributed by atoms with Gasteiger partial charge in [0.25, 0.3) is 5.91 Å². The van der Waals surface area contributed by atoms with Crippen LogP contribution < -0.4 is 0 Å². The average molecular weight is 326 g/mol. The van der Waals surface area contributed by atoms with Crippen molar-refractivity contribution in [3.8, 4) is 5.75 Å². The number of carbonyl (C=O) groups is 1. The normalized spacial score (nSPS) is 10.3. The second-order valence-corrected chi connectivity index (χ2v) is 6.26. The molecule has 0 aliphatic heterocycles. The quantitative estimate of drug-likeness (QED) is 0.938. The number of carbonyl (C=O) groups excluding carboxylic acids is 1. The number of halogens is 1. The molecule has 1 N–H and O–H groups in total. The number of thiophene rings is 1. The van der Waals surface area contributed by atoms with Crippen LogP contribution in [0.2, 0.25) is 0 Å². The molecule has 1 heterocycles. The van der Waals surface area contributed by atoms with Crippen LogP contribution in [-0.2, 0) is 6.54 Å². The number of amides is 1. The van der Waals surface area contributed by atoms with Gasteiger partial charge in [0.2, 0.25) is 0 Å². The standard InChI is InChI=1S/C13H12BrNO2S/c1-15(7-9-3-2-4-11(16)5-9)13(17)10-6-12(14)18-8-10/h2-6,8,16H,7H2,1H3. The minimum Gasteiger partial charge on any atom is -0.508 e. The Labute approximate surface area is 118 Å². The van der Waals surface area contributed by atoms with Gasteiger partial charge in [-0.2, -0.15) is 0 Å². The molecule has 0 bridgehead atoms. The van der Waals surface area contributed by atoms with Crippen LogP contribution >= 0.6 is 27.3 Å². The summed E-state index contributed by atoms with van der Waals surface area (Å²) in [5, 5.41) is 11.2. The van der Waals surface area contributed by atoms with E-state index in [0.29, 0.717) is 12.1 Å². The Morgan fingerprint density at radius 1 is 1.44 bits per heavy atom. The highest BCUT2D eigenvalue weighted by atomic mass is 79.9. The summed E-state index contributed by atoms with van der Waals surface area (Å²) in [5.74, 6) is 0.187. The second kappa shape index (κ2) is 5.54. The number of benzene rings is 1. The van der Waals surface area contributed by atoms with Gasteiger partial charge in [0, 0.05) is 19.0 Å². The van der Waals surface area contributed by atoms with E-state index in [-0.39, 0.29) is 11.7 Å². The first-order valence-corrected chi connectivity index (χ1v) is 7.01. The maximum atomic E-state index is 12.1. The van der Waals surface area contributed by atoms with E-state index in [0.717, 1.165) is 9.35 Å². The summed E-state index contributed by atoms with van der Waals surface area (Å²) in [6.45, 7) is 0.473. The molecule has 1 amide bonds. The molecule has 2 aromatic rings. The molecule has 0 fully saturated rings. The number of aromatic hydroxyl groups is 1. The Bertz CT molecular complexity index is 568. The number of hydrogen-bond acceptors (Lipinski definition) is 3. The first-order valence-electron chi connectivity index (χ1n) is 5.33. The minimum atomic E-state index is -0.0275. The third kappa shape index (κ3) is 3.11. The minimum absolute atomic E-state index is 0.0275.